The molecular weight excluding hydrogens is 252 g/mol. The molecule has 1 heterocycles. The number of nitrogens with zero attached hydrogens (tertiary/aromatic N) is 1. The van der Waals surface area contributed by atoms with Gasteiger partial charge < -0.3 is 15.2 Å². The Kier molecular flexibility index (Phi) is 4.31. The average molecular weight is 269 g/mol. The Morgan fingerprint density at radius 1 is 1.61 bits per heavy atom. The second-order valence-corrected chi connectivity index (χ2v) is 4.71. The maximum absolute atomic E-state index is 5.92. The van der Waals surface area contributed by atoms with E-state index in [0.717, 1.165) is 18.6 Å². The number of ether oxygens (including phenoxy) is 2. The predicted molar refractivity (Wildman–Crippen MR) is 72.1 cm³/mol. The van der Waals surface area contributed by atoms with Gasteiger partial charge in [-0.3, -0.25) is 0 Å². The number of rotatable bonds is 5. The highest BCUT2D eigenvalue weighted by Gasteiger charge is 2.21. The lowest BCUT2D eigenvalue weighted by Crippen LogP contribution is -2.22. The zero-order chi connectivity index (χ0) is 13.0. The molecule has 2 rings (SSSR count). The van der Waals surface area contributed by atoms with E-state index < -0.39 is 0 Å². The van der Waals surface area contributed by atoms with Crippen molar-refractivity contribution in [3.05, 3.63) is 29.3 Å². The Morgan fingerprint density at radius 2 is 2.44 bits per heavy atom. The second kappa shape index (κ2) is 5.96. The second-order valence-electron chi connectivity index (χ2n) is 4.27. The van der Waals surface area contributed by atoms with Crippen molar-refractivity contribution in [3.8, 4) is 5.75 Å². The zero-order valence-electron chi connectivity index (χ0n) is 10.3. The summed E-state index contributed by atoms with van der Waals surface area (Å²) >= 11 is 5.92. The summed E-state index contributed by atoms with van der Waals surface area (Å²) in [5.41, 5.74) is 5.48. The van der Waals surface area contributed by atoms with Crippen LogP contribution in [-0.2, 0) is 4.74 Å². The Labute approximate surface area is 112 Å². The molecule has 2 N–H and O–H groups in total. The van der Waals surface area contributed by atoms with Crippen molar-refractivity contribution in [2.45, 2.75) is 31.9 Å². The number of aliphatic imine (C=N–C) groups is 1. The zero-order valence-corrected chi connectivity index (χ0v) is 11.1. The largest absolute Gasteiger partial charge is 0.490 e. The summed E-state index contributed by atoms with van der Waals surface area (Å²) in [6.07, 6.45) is 1.79. The van der Waals surface area contributed by atoms with Crippen LogP contribution in [0.25, 0.3) is 0 Å². The number of nitrogens with two attached hydrogens (primary N) is 1. The van der Waals surface area contributed by atoms with Crippen LogP contribution in [0.5, 0.6) is 5.75 Å². The Balaban J connectivity index is 1.93. The molecule has 0 aliphatic carbocycles. The highest BCUT2D eigenvalue weighted by molar-refractivity contribution is 6.30. The van der Waals surface area contributed by atoms with Gasteiger partial charge >= 0.3 is 0 Å². The molecule has 5 heteroatoms. The lowest BCUT2D eigenvalue weighted by atomic mass is 10.1. The van der Waals surface area contributed by atoms with E-state index in [9.17, 15) is 0 Å². The van der Waals surface area contributed by atoms with Crippen molar-refractivity contribution in [1.82, 2.24) is 0 Å². The summed E-state index contributed by atoms with van der Waals surface area (Å²) in [5.74, 6) is 0.783. The van der Waals surface area contributed by atoms with Crippen molar-refractivity contribution < 1.29 is 9.47 Å². The van der Waals surface area contributed by atoms with E-state index in [1.807, 2.05) is 24.3 Å². The fourth-order valence-electron chi connectivity index (χ4n) is 1.89. The van der Waals surface area contributed by atoms with Crippen LogP contribution in [0.15, 0.2) is 29.3 Å². The maximum atomic E-state index is 5.92. The fourth-order valence-corrected chi connectivity index (χ4v) is 2.07. The van der Waals surface area contributed by atoms with Crippen LogP contribution in [0.3, 0.4) is 0 Å². The third-order valence-corrected chi connectivity index (χ3v) is 3.06. The summed E-state index contributed by atoms with van der Waals surface area (Å²) in [4.78, 5) is 4.20. The van der Waals surface area contributed by atoms with Crippen LogP contribution in [0.4, 0.5) is 0 Å². The van der Waals surface area contributed by atoms with Crippen LogP contribution in [-0.4, -0.2) is 24.8 Å². The number of hydrogen-bond donors (Lipinski definition) is 1. The minimum atomic E-state index is 0.0896. The van der Waals surface area contributed by atoms with Crippen LogP contribution in [0, 0.1) is 0 Å². The molecule has 0 radical (unpaired) electrons. The molecule has 2 atom stereocenters. The highest BCUT2D eigenvalue weighted by atomic mass is 35.5. The van der Waals surface area contributed by atoms with E-state index in [4.69, 9.17) is 26.8 Å². The molecule has 2 unspecified atom stereocenters. The molecule has 0 fully saturated rings. The first-order chi connectivity index (χ1) is 8.67. The number of amidine groups is 1. The van der Waals surface area contributed by atoms with Gasteiger partial charge in [-0.05, 0) is 24.6 Å². The Hall–Kier alpha value is -1.42. The molecule has 18 heavy (non-hydrogen) atoms. The molecule has 0 amide bonds. The van der Waals surface area contributed by atoms with Crippen LogP contribution >= 0.6 is 11.6 Å². The van der Waals surface area contributed by atoms with Gasteiger partial charge in [0.25, 0.3) is 6.02 Å². The molecule has 0 bridgehead atoms. The van der Waals surface area contributed by atoms with Crippen LogP contribution in [0.2, 0.25) is 5.02 Å². The topological polar surface area (TPSA) is 56.8 Å². The van der Waals surface area contributed by atoms with E-state index in [1.54, 1.807) is 0 Å². The Morgan fingerprint density at radius 3 is 3.06 bits per heavy atom. The monoisotopic (exact) mass is 268 g/mol. The smallest absolute Gasteiger partial charge is 0.282 e. The lowest BCUT2D eigenvalue weighted by molar-refractivity contribution is 0.168. The molecule has 0 saturated carbocycles. The number of hydrogen-bond acceptors (Lipinski definition) is 4. The van der Waals surface area contributed by atoms with E-state index >= 15 is 0 Å². The molecule has 1 aliphatic rings. The van der Waals surface area contributed by atoms with Gasteiger partial charge in [0.15, 0.2) is 0 Å². The molecule has 98 valence electrons. The van der Waals surface area contributed by atoms with E-state index in [0.29, 0.717) is 11.6 Å². The first kappa shape index (κ1) is 13.0. The van der Waals surface area contributed by atoms with Crippen LogP contribution < -0.4 is 10.5 Å². The number of benzene rings is 1. The molecule has 1 aromatic rings. The molecule has 4 nitrogen and oxygen atoms in total. The summed E-state index contributed by atoms with van der Waals surface area (Å²) in [6.45, 7) is 2.62. The van der Waals surface area contributed by atoms with Gasteiger partial charge in [0.1, 0.15) is 18.5 Å². The van der Waals surface area contributed by atoms with Gasteiger partial charge in [0, 0.05) is 11.4 Å². The maximum Gasteiger partial charge on any atom is 0.282 e. The Bertz CT molecular complexity index is 437. The third kappa shape index (κ3) is 3.53. The highest BCUT2D eigenvalue weighted by Crippen LogP contribution is 2.21. The van der Waals surface area contributed by atoms with E-state index in [2.05, 4.69) is 11.9 Å². The molecule has 0 saturated heterocycles. The average Bonchev–Trinajstić information content (AvgIpc) is 2.74. The normalized spacial score (nSPS) is 20.1. The minimum absolute atomic E-state index is 0.0896. The van der Waals surface area contributed by atoms with Crippen LogP contribution in [0.1, 0.15) is 19.8 Å². The number of halogens is 1. The van der Waals surface area contributed by atoms with Crippen molar-refractivity contribution >= 4 is 17.6 Å². The molecule has 1 aromatic carbocycles. The van der Waals surface area contributed by atoms with Crippen molar-refractivity contribution in [1.29, 1.82) is 0 Å². The SMILES string of the molecule is CCC(CC1COC(N)=N1)Oc1cccc(Cl)c1. The predicted octanol–water partition coefficient (Wildman–Crippen LogP) is 2.60. The molecular formula is C13H17ClN2O2. The van der Waals surface area contributed by atoms with Gasteiger partial charge in [-0.25, -0.2) is 4.99 Å². The summed E-state index contributed by atoms with van der Waals surface area (Å²) in [5, 5.41) is 0.675. The van der Waals surface area contributed by atoms with Gasteiger partial charge in [-0.15, -0.1) is 0 Å². The lowest BCUT2D eigenvalue weighted by Gasteiger charge is -2.19. The van der Waals surface area contributed by atoms with E-state index in [-0.39, 0.29) is 18.2 Å². The summed E-state index contributed by atoms with van der Waals surface area (Å²) < 4.78 is 11.0. The summed E-state index contributed by atoms with van der Waals surface area (Å²) in [6, 6.07) is 7.78. The van der Waals surface area contributed by atoms with Crippen molar-refractivity contribution in [3.63, 3.8) is 0 Å². The quantitative estimate of drug-likeness (QED) is 0.893. The van der Waals surface area contributed by atoms with Crippen molar-refractivity contribution in [2.24, 2.45) is 10.7 Å². The molecule has 0 spiro atoms. The molecule has 0 aromatic heterocycles. The third-order valence-electron chi connectivity index (χ3n) is 2.82. The standard InChI is InChI=1S/C13H17ClN2O2/c1-2-11(7-10-8-17-13(15)16-10)18-12-5-3-4-9(14)6-12/h3-6,10-11H,2,7-8H2,1H3,(H2,15,16). The van der Waals surface area contributed by atoms with Gasteiger partial charge in [0.2, 0.25) is 0 Å². The fraction of sp³-hybridized carbons (Fsp3) is 0.462. The van der Waals surface area contributed by atoms with Crippen molar-refractivity contribution in [2.75, 3.05) is 6.61 Å². The molecule has 1 aliphatic heterocycles. The first-order valence-electron chi connectivity index (χ1n) is 6.05. The first-order valence-corrected chi connectivity index (χ1v) is 6.43. The minimum Gasteiger partial charge on any atom is -0.490 e. The van der Waals surface area contributed by atoms with Gasteiger partial charge in [0.05, 0.1) is 6.04 Å². The van der Waals surface area contributed by atoms with E-state index in [1.165, 1.54) is 0 Å². The summed E-state index contributed by atoms with van der Waals surface area (Å²) in [7, 11) is 0. The van der Waals surface area contributed by atoms with Gasteiger partial charge in [-0.1, -0.05) is 24.6 Å². The van der Waals surface area contributed by atoms with Gasteiger partial charge in [-0.2, -0.15) is 0 Å².